The Balaban J connectivity index is 2.76. The minimum Gasteiger partial charge on any atom is -0.469 e. The van der Waals surface area contributed by atoms with Crippen LogP contribution in [0.25, 0.3) is 0 Å². The van der Waals surface area contributed by atoms with Crippen LogP contribution in [0.2, 0.25) is 0 Å². The van der Waals surface area contributed by atoms with Gasteiger partial charge in [-0.25, -0.2) is 0 Å². The maximum absolute atomic E-state index is 12.8. The molecule has 0 aromatic carbocycles. The molecule has 2 rings (SSSR count). The Kier molecular flexibility index (Phi) is 5.01. The molecule has 0 aliphatic heterocycles. The number of rotatable bonds is 7. The summed E-state index contributed by atoms with van der Waals surface area (Å²) in [5.41, 5.74) is -1.88. The van der Waals surface area contributed by atoms with Gasteiger partial charge in [0.1, 0.15) is 11.7 Å². The van der Waals surface area contributed by atoms with Crippen LogP contribution in [0.1, 0.15) is 18.6 Å². The van der Waals surface area contributed by atoms with Crippen molar-refractivity contribution in [3.8, 4) is 6.07 Å². The molecule has 2 atom stereocenters. The summed E-state index contributed by atoms with van der Waals surface area (Å²) in [7, 11) is 5.36. The molecule has 0 N–H and O–H groups in total. The fraction of sp³-hybridized carbons (Fsp3) is 0.625. The molecule has 0 bridgehead atoms. The lowest BCUT2D eigenvalue weighted by atomic mass is 9.50. The third kappa shape index (κ3) is 1.84. The zero-order valence-electron chi connectivity index (χ0n) is 14.3. The van der Waals surface area contributed by atoms with Crippen molar-refractivity contribution in [1.29, 1.82) is 5.26 Å². The molecule has 0 amide bonds. The molecule has 0 spiro atoms. The normalized spacial score (nSPS) is 27.1. The summed E-state index contributed by atoms with van der Waals surface area (Å²) in [6, 6.07) is 5.27. The Labute approximate surface area is 140 Å². The third-order valence-electron chi connectivity index (χ3n) is 4.57. The average molecular weight is 339 g/mol. The van der Waals surface area contributed by atoms with Gasteiger partial charge in [0.2, 0.25) is 11.2 Å². The Hall–Kier alpha value is -1.92. The average Bonchev–Trinajstić information content (AvgIpc) is 3.10. The van der Waals surface area contributed by atoms with Crippen LogP contribution in [-0.4, -0.2) is 52.6 Å². The summed E-state index contributed by atoms with van der Waals surface area (Å²) in [5, 5.41) is 9.96. The molecule has 24 heavy (non-hydrogen) atoms. The van der Waals surface area contributed by atoms with Crippen molar-refractivity contribution in [2.75, 3.05) is 35.0 Å². The second-order valence-electron chi connectivity index (χ2n) is 5.19. The first-order valence-electron chi connectivity index (χ1n) is 7.34. The first kappa shape index (κ1) is 18.4. The number of hydrogen-bond donors (Lipinski definition) is 0. The first-order valence-corrected chi connectivity index (χ1v) is 7.34. The molecule has 1 heterocycles. The molecule has 8 heteroatoms. The van der Waals surface area contributed by atoms with E-state index in [0.29, 0.717) is 5.76 Å². The highest BCUT2D eigenvalue weighted by atomic mass is 16.8. The number of nitrogens with zero attached hydrogens (tertiary/aromatic N) is 1. The van der Waals surface area contributed by atoms with Crippen molar-refractivity contribution < 1.29 is 32.9 Å². The van der Waals surface area contributed by atoms with Crippen LogP contribution in [0, 0.1) is 16.7 Å². The number of carbonyl (C=O) groups is 1. The van der Waals surface area contributed by atoms with Gasteiger partial charge in [0.05, 0.1) is 18.9 Å². The van der Waals surface area contributed by atoms with Crippen molar-refractivity contribution in [1.82, 2.24) is 0 Å². The van der Waals surface area contributed by atoms with E-state index in [1.807, 2.05) is 6.07 Å². The maximum Gasteiger partial charge on any atom is 0.333 e. The SMILES string of the molecule is CCOC(=O)[C@]1(C#N)[C@@H](c2ccco2)C(OC)(OC)C1(OC)OC. The van der Waals surface area contributed by atoms with Gasteiger partial charge in [-0.2, -0.15) is 5.26 Å². The topological polar surface area (TPSA) is 100 Å². The lowest BCUT2D eigenvalue weighted by Crippen LogP contribution is -2.84. The van der Waals surface area contributed by atoms with Crippen LogP contribution >= 0.6 is 0 Å². The van der Waals surface area contributed by atoms with Gasteiger partial charge in [0, 0.05) is 28.4 Å². The highest BCUT2D eigenvalue weighted by Crippen LogP contribution is 2.69. The van der Waals surface area contributed by atoms with Crippen LogP contribution in [0.15, 0.2) is 22.8 Å². The molecule has 1 aromatic rings. The predicted octanol–water partition coefficient (Wildman–Crippen LogP) is 1.43. The second-order valence-corrected chi connectivity index (χ2v) is 5.19. The van der Waals surface area contributed by atoms with Gasteiger partial charge in [-0.1, -0.05) is 0 Å². The zero-order valence-corrected chi connectivity index (χ0v) is 14.3. The van der Waals surface area contributed by atoms with Gasteiger partial charge in [0.25, 0.3) is 5.79 Å². The van der Waals surface area contributed by atoms with Gasteiger partial charge < -0.3 is 28.1 Å². The van der Waals surface area contributed by atoms with Gasteiger partial charge >= 0.3 is 5.97 Å². The van der Waals surface area contributed by atoms with E-state index in [1.165, 1.54) is 34.7 Å². The smallest absolute Gasteiger partial charge is 0.333 e. The highest BCUT2D eigenvalue weighted by Gasteiger charge is 2.90. The van der Waals surface area contributed by atoms with Crippen molar-refractivity contribution in [2.45, 2.75) is 24.4 Å². The molecule has 0 unspecified atom stereocenters. The minimum absolute atomic E-state index is 0.0869. The molecule has 1 aliphatic rings. The Morgan fingerprint density at radius 2 is 1.88 bits per heavy atom. The molecule has 1 aromatic heterocycles. The van der Waals surface area contributed by atoms with Gasteiger partial charge in [0.15, 0.2) is 0 Å². The number of hydrogen-bond acceptors (Lipinski definition) is 8. The fourth-order valence-electron chi connectivity index (χ4n) is 3.68. The monoisotopic (exact) mass is 339 g/mol. The van der Waals surface area contributed by atoms with Gasteiger partial charge in [-0.15, -0.1) is 0 Å². The maximum atomic E-state index is 12.8. The summed E-state index contributed by atoms with van der Waals surface area (Å²) in [6.07, 6.45) is 1.43. The van der Waals surface area contributed by atoms with E-state index < -0.39 is 28.9 Å². The summed E-state index contributed by atoms with van der Waals surface area (Å²) < 4.78 is 32.6. The molecule has 1 fully saturated rings. The minimum atomic E-state index is -1.88. The van der Waals surface area contributed by atoms with Crippen LogP contribution in [0.3, 0.4) is 0 Å². The Bertz CT molecular complexity index is 613. The van der Waals surface area contributed by atoms with Crippen LogP contribution in [-0.2, 0) is 28.5 Å². The first-order chi connectivity index (χ1) is 11.5. The van der Waals surface area contributed by atoms with E-state index in [2.05, 4.69) is 0 Å². The number of furan rings is 1. The van der Waals surface area contributed by atoms with Crippen molar-refractivity contribution in [3.05, 3.63) is 24.2 Å². The lowest BCUT2D eigenvalue weighted by Gasteiger charge is -2.65. The molecular formula is C16H21NO7. The quantitative estimate of drug-likeness (QED) is 0.543. The number of carbonyl (C=O) groups excluding carboxylic acids is 1. The summed E-state index contributed by atoms with van der Waals surface area (Å²) >= 11 is 0. The predicted molar refractivity (Wildman–Crippen MR) is 79.6 cm³/mol. The Morgan fingerprint density at radius 1 is 1.25 bits per heavy atom. The van der Waals surface area contributed by atoms with Gasteiger partial charge in [-0.3, -0.25) is 4.79 Å². The molecule has 0 radical (unpaired) electrons. The highest BCUT2D eigenvalue weighted by molar-refractivity contribution is 5.86. The molecule has 1 aliphatic carbocycles. The van der Waals surface area contributed by atoms with Crippen molar-refractivity contribution >= 4 is 5.97 Å². The molecule has 132 valence electrons. The van der Waals surface area contributed by atoms with Crippen molar-refractivity contribution in [3.63, 3.8) is 0 Å². The fourth-order valence-corrected chi connectivity index (χ4v) is 3.68. The molecule has 0 saturated heterocycles. The molecule has 8 nitrogen and oxygen atoms in total. The number of methoxy groups -OCH3 is 4. The lowest BCUT2D eigenvalue weighted by molar-refractivity contribution is -0.485. The molecule has 1 saturated carbocycles. The summed E-state index contributed by atoms with van der Waals surface area (Å²) in [4.78, 5) is 12.8. The summed E-state index contributed by atoms with van der Waals surface area (Å²) in [5.74, 6) is -4.88. The molecular weight excluding hydrogens is 318 g/mol. The number of ether oxygens (including phenoxy) is 5. The second kappa shape index (κ2) is 6.53. The van der Waals surface area contributed by atoms with E-state index in [1.54, 1.807) is 19.1 Å². The van der Waals surface area contributed by atoms with Crippen LogP contribution in [0.5, 0.6) is 0 Å². The van der Waals surface area contributed by atoms with E-state index >= 15 is 0 Å². The third-order valence-corrected chi connectivity index (χ3v) is 4.57. The number of esters is 1. The Morgan fingerprint density at radius 3 is 2.25 bits per heavy atom. The zero-order chi connectivity index (χ0) is 18.0. The van der Waals surface area contributed by atoms with E-state index in [9.17, 15) is 10.1 Å². The summed E-state index contributed by atoms with van der Waals surface area (Å²) in [6.45, 7) is 1.73. The van der Waals surface area contributed by atoms with Crippen LogP contribution < -0.4 is 0 Å². The van der Waals surface area contributed by atoms with E-state index in [0.717, 1.165) is 0 Å². The van der Waals surface area contributed by atoms with Gasteiger partial charge in [-0.05, 0) is 19.1 Å². The van der Waals surface area contributed by atoms with E-state index in [4.69, 9.17) is 28.1 Å². The standard InChI is InChI=1S/C16H21NO7/c1-6-23-13(18)14(10-17)12(11-8-7-9-24-11)15(19-2,20-3)16(14,21-4)22-5/h7-9,12H,6H2,1-5H3/t12-,14+/m1/s1. The van der Waals surface area contributed by atoms with Crippen molar-refractivity contribution in [2.24, 2.45) is 5.41 Å². The largest absolute Gasteiger partial charge is 0.469 e. The van der Waals surface area contributed by atoms with E-state index in [-0.39, 0.29) is 6.61 Å². The number of nitriles is 1. The van der Waals surface area contributed by atoms with Crippen LogP contribution in [0.4, 0.5) is 0 Å².